The van der Waals surface area contributed by atoms with Gasteiger partial charge in [-0.2, -0.15) is 0 Å². The summed E-state index contributed by atoms with van der Waals surface area (Å²) in [5.41, 5.74) is 7.13. The van der Waals surface area contributed by atoms with E-state index in [1.54, 1.807) is 49.6 Å². The number of hydrogen-bond donors (Lipinski definition) is 2. The Labute approximate surface area is 148 Å². The lowest BCUT2D eigenvalue weighted by Gasteiger charge is -2.09. The maximum atomic E-state index is 12.5. The first-order valence-corrected chi connectivity index (χ1v) is 8.24. The van der Waals surface area contributed by atoms with Crippen molar-refractivity contribution in [3.8, 4) is 5.75 Å². The van der Waals surface area contributed by atoms with Gasteiger partial charge in [-0.25, -0.2) is 4.98 Å². The van der Waals surface area contributed by atoms with Crippen molar-refractivity contribution in [2.45, 2.75) is 0 Å². The smallest absolute Gasteiger partial charge is 0.206 e. The second-order valence-corrected chi connectivity index (χ2v) is 6.33. The molecule has 0 amide bonds. The highest BCUT2D eigenvalue weighted by molar-refractivity contribution is 7.18. The summed E-state index contributed by atoms with van der Waals surface area (Å²) in [7, 11) is 1.56. The van der Waals surface area contributed by atoms with Crippen molar-refractivity contribution in [1.82, 2.24) is 4.98 Å². The average Bonchev–Trinajstić information content (AvgIpc) is 2.95. The van der Waals surface area contributed by atoms with E-state index >= 15 is 0 Å². The summed E-state index contributed by atoms with van der Waals surface area (Å²) in [6.45, 7) is 0. The normalized spacial score (nSPS) is 10.4. The van der Waals surface area contributed by atoms with Gasteiger partial charge in [0, 0.05) is 10.6 Å². The molecule has 0 saturated heterocycles. The van der Waals surface area contributed by atoms with Crippen LogP contribution in [0.15, 0.2) is 48.5 Å². The van der Waals surface area contributed by atoms with E-state index in [9.17, 15) is 4.79 Å². The number of anilines is 3. The molecule has 2 aromatic carbocycles. The molecule has 24 heavy (non-hydrogen) atoms. The number of halogens is 1. The van der Waals surface area contributed by atoms with E-state index in [-0.39, 0.29) is 11.6 Å². The van der Waals surface area contributed by atoms with E-state index in [0.29, 0.717) is 32.0 Å². The molecule has 0 bridgehead atoms. The predicted octanol–water partition coefficient (Wildman–Crippen LogP) is 4.36. The summed E-state index contributed by atoms with van der Waals surface area (Å²) >= 11 is 7.20. The maximum absolute atomic E-state index is 12.5. The summed E-state index contributed by atoms with van der Waals surface area (Å²) in [6, 6.07) is 14.1. The topological polar surface area (TPSA) is 77.2 Å². The zero-order valence-corrected chi connectivity index (χ0v) is 14.3. The Balaban J connectivity index is 1.90. The fraction of sp³-hybridized carbons (Fsp3) is 0.0588. The molecule has 0 spiro atoms. The van der Waals surface area contributed by atoms with Crippen molar-refractivity contribution >= 4 is 45.4 Å². The van der Waals surface area contributed by atoms with Crippen LogP contribution in [-0.2, 0) is 0 Å². The number of ketones is 1. The molecule has 0 saturated carbocycles. The lowest BCUT2D eigenvalue weighted by Crippen LogP contribution is -2.02. The van der Waals surface area contributed by atoms with Crippen molar-refractivity contribution in [3.63, 3.8) is 0 Å². The molecule has 1 heterocycles. The standard InChI is InChI=1S/C17H14ClN3O2S/c1-23-13-8-7-11(18)9-12(13)20-17-21-16(19)15(24-17)14(22)10-5-3-2-4-6-10/h2-9H,19H2,1H3,(H,20,21). The van der Waals surface area contributed by atoms with Gasteiger partial charge >= 0.3 is 0 Å². The lowest BCUT2D eigenvalue weighted by atomic mass is 10.1. The van der Waals surface area contributed by atoms with Gasteiger partial charge in [0.1, 0.15) is 16.4 Å². The number of ether oxygens (including phenoxy) is 1. The van der Waals surface area contributed by atoms with E-state index in [1.807, 2.05) is 6.07 Å². The zero-order valence-electron chi connectivity index (χ0n) is 12.7. The first-order valence-electron chi connectivity index (χ1n) is 7.05. The van der Waals surface area contributed by atoms with Gasteiger partial charge in [-0.3, -0.25) is 4.79 Å². The minimum atomic E-state index is -0.156. The zero-order chi connectivity index (χ0) is 17.1. The Morgan fingerprint density at radius 1 is 1.25 bits per heavy atom. The number of nitrogens with one attached hydrogen (secondary N) is 1. The lowest BCUT2D eigenvalue weighted by molar-refractivity contribution is 0.104. The van der Waals surface area contributed by atoms with Crippen molar-refractivity contribution in [2.24, 2.45) is 0 Å². The molecule has 0 radical (unpaired) electrons. The second kappa shape index (κ2) is 6.90. The summed E-state index contributed by atoms with van der Waals surface area (Å²) < 4.78 is 5.28. The highest BCUT2D eigenvalue weighted by Crippen LogP contribution is 2.34. The number of hydrogen-bond acceptors (Lipinski definition) is 6. The molecular weight excluding hydrogens is 346 g/mol. The molecular formula is C17H14ClN3O2S. The number of rotatable bonds is 5. The van der Waals surface area contributed by atoms with Gasteiger partial charge in [-0.05, 0) is 18.2 Å². The fourth-order valence-electron chi connectivity index (χ4n) is 2.16. The number of carbonyl (C=O) groups excluding carboxylic acids is 1. The van der Waals surface area contributed by atoms with Crippen LogP contribution in [0.5, 0.6) is 5.75 Å². The monoisotopic (exact) mass is 359 g/mol. The Kier molecular flexibility index (Phi) is 4.69. The van der Waals surface area contributed by atoms with Crippen molar-refractivity contribution in [1.29, 1.82) is 0 Å². The third kappa shape index (κ3) is 3.34. The third-order valence-electron chi connectivity index (χ3n) is 3.30. The van der Waals surface area contributed by atoms with Gasteiger partial charge in [0.2, 0.25) is 5.78 Å². The van der Waals surface area contributed by atoms with Gasteiger partial charge < -0.3 is 15.8 Å². The largest absolute Gasteiger partial charge is 0.495 e. The van der Waals surface area contributed by atoms with Crippen LogP contribution < -0.4 is 15.8 Å². The molecule has 5 nitrogen and oxygen atoms in total. The van der Waals surface area contributed by atoms with Crippen LogP contribution in [0.4, 0.5) is 16.6 Å². The van der Waals surface area contributed by atoms with E-state index in [4.69, 9.17) is 22.1 Å². The number of aromatic nitrogens is 1. The van der Waals surface area contributed by atoms with Crippen molar-refractivity contribution < 1.29 is 9.53 Å². The van der Waals surface area contributed by atoms with Gasteiger partial charge in [0.15, 0.2) is 5.13 Å². The molecule has 3 N–H and O–H groups in total. The van der Waals surface area contributed by atoms with Crippen LogP contribution >= 0.6 is 22.9 Å². The molecule has 1 aromatic heterocycles. The van der Waals surface area contributed by atoms with Crippen LogP contribution in [0.25, 0.3) is 0 Å². The maximum Gasteiger partial charge on any atom is 0.206 e. The first kappa shape index (κ1) is 16.3. The number of nitrogens with zero attached hydrogens (tertiary/aromatic N) is 1. The molecule has 0 aliphatic rings. The van der Waals surface area contributed by atoms with Crippen LogP contribution in [0.1, 0.15) is 15.2 Å². The van der Waals surface area contributed by atoms with Gasteiger partial charge in [0.05, 0.1) is 12.8 Å². The SMILES string of the molecule is COc1ccc(Cl)cc1Nc1nc(N)c(C(=O)c2ccccc2)s1. The summed E-state index contributed by atoms with van der Waals surface area (Å²) in [5.74, 6) is 0.651. The van der Waals surface area contributed by atoms with Crippen LogP contribution in [0, 0.1) is 0 Å². The number of carbonyl (C=O) groups is 1. The minimum Gasteiger partial charge on any atom is -0.495 e. The second-order valence-electron chi connectivity index (χ2n) is 4.90. The average molecular weight is 360 g/mol. The summed E-state index contributed by atoms with van der Waals surface area (Å²) in [4.78, 5) is 17.1. The van der Waals surface area contributed by atoms with Crippen LogP contribution in [-0.4, -0.2) is 17.9 Å². The number of methoxy groups -OCH3 is 1. The Hall–Kier alpha value is -2.57. The van der Waals surface area contributed by atoms with E-state index < -0.39 is 0 Å². The molecule has 0 atom stereocenters. The number of thiazole rings is 1. The molecule has 0 aliphatic heterocycles. The first-order chi connectivity index (χ1) is 11.6. The third-order valence-corrected chi connectivity index (χ3v) is 4.52. The number of nitrogen functional groups attached to an aromatic ring is 1. The summed E-state index contributed by atoms with van der Waals surface area (Å²) in [6.07, 6.45) is 0. The van der Waals surface area contributed by atoms with E-state index in [1.165, 1.54) is 11.3 Å². The quantitative estimate of drug-likeness (QED) is 0.662. The Morgan fingerprint density at radius 3 is 2.71 bits per heavy atom. The van der Waals surface area contributed by atoms with Gasteiger partial charge in [-0.15, -0.1) is 0 Å². The molecule has 7 heteroatoms. The van der Waals surface area contributed by atoms with Gasteiger partial charge in [0.25, 0.3) is 0 Å². The molecule has 0 fully saturated rings. The Morgan fingerprint density at radius 2 is 2.00 bits per heavy atom. The fourth-order valence-corrected chi connectivity index (χ4v) is 3.19. The molecule has 3 rings (SSSR count). The predicted molar refractivity (Wildman–Crippen MR) is 97.7 cm³/mol. The molecule has 3 aromatic rings. The van der Waals surface area contributed by atoms with Gasteiger partial charge in [-0.1, -0.05) is 53.3 Å². The number of benzene rings is 2. The highest BCUT2D eigenvalue weighted by atomic mass is 35.5. The van der Waals surface area contributed by atoms with Crippen LogP contribution in [0.2, 0.25) is 5.02 Å². The van der Waals surface area contributed by atoms with Crippen LogP contribution in [0.3, 0.4) is 0 Å². The highest BCUT2D eigenvalue weighted by Gasteiger charge is 2.18. The molecule has 0 unspecified atom stereocenters. The van der Waals surface area contributed by atoms with Crippen molar-refractivity contribution in [3.05, 3.63) is 64.0 Å². The molecule has 0 aliphatic carbocycles. The van der Waals surface area contributed by atoms with Crippen molar-refractivity contribution in [2.75, 3.05) is 18.2 Å². The number of nitrogens with two attached hydrogens (primary N) is 1. The minimum absolute atomic E-state index is 0.156. The van der Waals surface area contributed by atoms with E-state index in [2.05, 4.69) is 10.3 Å². The Bertz CT molecular complexity index is 881. The van der Waals surface area contributed by atoms with E-state index in [0.717, 1.165) is 0 Å². The molecule has 122 valence electrons. The summed E-state index contributed by atoms with van der Waals surface area (Å²) in [5, 5.41) is 4.15.